The number of hydrogen-bond donors (Lipinski definition) is 1. The second-order valence-electron chi connectivity index (χ2n) is 10.5. The topological polar surface area (TPSA) is 72.2 Å². The lowest BCUT2D eigenvalue weighted by Gasteiger charge is -2.42. The van der Waals surface area contributed by atoms with Gasteiger partial charge in [-0.2, -0.15) is 5.10 Å². The Bertz CT molecular complexity index is 1440. The van der Waals surface area contributed by atoms with Gasteiger partial charge < -0.3 is 5.11 Å². The van der Waals surface area contributed by atoms with Crippen LogP contribution in [0.15, 0.2) is 65.2 Å². The molecule has 0 unspecified atom stereocenters. The third-order valence-corrected chi connectivity index (χ3v) is 10.8. The second-order valence-corrected chi connectivity index (χ2v) is 12.7. The average molecular weight is 493 g/mol. The van der Waals surface area contributed by atoms with Gasteiger partial charge in [0.15, 0.2) is 9.84 Å². The smallest absolute Gasteiger partial charge is 0.181 e. The summed E-state index contributed by atoms with van der Waals surface area (Å²) in [5.74, 6) is -0.284. The van der Waals surface area contributed by atoms with Crippen LogP contribution < -0.4 is 0 Å². The van der Waals surface area contributed by atoms with Crippen molar-refractivity contribution in [2.24, 2.45) is 5.41 Å². The highest BCUT2D eigenvalue weighted by molar-refractivity contribution is 7.92. The molecule has 3 aromatic rings. The van der Waals surface area contributed by atoms with Gasteiger partial charge in [-0.25, -0.2) is 17.5 Å². The number of halogens is 1. The van der Waals surface area contributed by atoms with E-state index in [9.17, 15) is 17.9 Å². The van der Waals surface area contributed by atoms with Crippen molar-refractivity contribution >= 4 is 15.9 Å². The number of aromatic nitrogens is 2. The fourth-order valence-electron chi connectivity index (χ4n) is 6.01. The van der Waals surface area contributed by atoms with E-state index < -0.39 is 20.9 Å². The second kappa shape index (κ2) is 7.87. The zero-order valence-corrected chi connectivity index (χ0v) is 20.6. The Morgan fingerprint density at radius 1 is 1.14 bits per heavy atom. The van der Waals surface area contributed by atoms with Crippen LogP contribution in [0.2, 0.25) is 0 Å². The minimum atomic E-state index is -3.29. The van der Waals surface area contributed by atoms with Crippen LogP contribution in [0.3, 0.4) is 0 Å². The Morgan fingerprint density at radius 2 is 1.89 bits per heavy atom. The zero-order chi connectivity index (χ0) is 24.4. The van der Waals surface area contributed by atoms with Gasteiger partial charge in [-0.3, -0.25) is 0 Å². The van der Waals surface area contributed by atoms with E-state index in [1.165, 1.54) is 17.7 Å². The normalized spacial score (nSPS) is 25.7. The molecule has 3 aliphatic carbocycles. The number of hydrogen-bond acceptors (Lipinski definition) is 4. The predicted octanol–water partition coefficient (Wildman–Crippen LogP) is 5.05. The van der Waals surface area contributed by atoms with Crippen LogP contribution in [-0.4, -0.2) is 34.2 Å². The van der Waals surface area contributed by atoms with Crippen molar-refractivity contribution in [1.82, 2.24) is 9.78 Å². The summed E-state index contributed by atoms with van der Waals surface area (Å²) in [6.07, 6.45) is 8.55. The molecule has 5 nitrogen and oxygen atoms in total. The van der Waals surface area contributed by atoms with Crippen molar-refractivity contribution in [3.63, 3.8) is 0 Å². The number of rotatable bonds is 6. The van der Waals surface area contributed by atoms with Crippen LogP contribution in [0, 0.1) is 11.2 Å². The summed E-state index contributed by atoms with van der Waals surface area (Å²) in [6.45, 7) is 2.12. The lowest BCUT2D eigenvalue weighted by Crippen LogP contribution is -2.45. The summed E-state index contributed by atoms with van der Waals surface area (Å²) in [7, 11) is -3.29. The molecule has 1 heterocycles. The molecule has 2 fully saturated rings. The summed E-state index contributed by atoms with van der Waals surface area (Å²) >= 11 is 0. The molecule has 0 radical (unpaired) electrons. The van der Waals surface area contributed by atoms with Crippen molar-refractivity contribution < 1.29 is 17.9 Å². The number of aliphatic hydroxyl groups is 1. The molecule has 35 heavy (non-hydrogen) atoms. The predicted molar refractivity (Wildman–Crippen MR) is 132 cm³/mol. The van der Waals surface area contributed by atoms with Crippen LogP contribution >= 0.6 is 0 Å². The number of benzene rings is 2. The Kier molecular flexibility index (Phi) is 5.10. The summed E-state index contributed by atoms with van der Waals surface area (Å²) in [5.41, 5.74) is 3.44. The monoisotopic (exact) mass is 492 g/mol. The fourth-order valence-corrected chi connectivity index (χ4v) is 7.93. The highest BCUT2D eigenvalue weighted by Crippen LogP contribution is 2.57. The molecule has 1 N–H and O–H groups in total. The molecule has 7 heteroatoms. The van der Waals surface area contributed by atoms with Crippen molar-refractivity contribution in [3.8, 4) is 5.69 Å². The molecule has 6 rings (SSSR count). The molecule has 0 bridgehead atoms. The summed E-state index contributed by atoms with van der Waals surface area (Å²) < 4.78 is 41.1. The minimum absolute atomic E-state index is 0.250. The van der Waals surface area contributed by atoms with Crippen molar-refractivity contribution in [3.05, 3.63) is 82.9 Å². The molecule has 1 aromatic heterocycles. The molecule has 182 valence electrons. The number of nitrogens with zero attached hydrogens (tertiary/aromatic N) is 2. The maximum Gasteiger partial charge on any atom is 0.181 e. The van der Waals surface area contributed by atoms with E-state index >= 15 is 0 Å². The van der Waals surface area contributed by atoms with Gasteiger partial charge in [0.1, 0.15) is 5.82 Å². The van der Waals surface area contributed by atoms with Gasteiger partial charge in [0.2, 0.25) is 0 Å². The van der Waals surface area contributed by atoms with E-state index in [1.54, 1.807) is 24.3 Å². The van der Waals surface area contributed by atoms with Crippen molar-refractivity contribution in [2.75, 3.05) is 0 Å². The fraction of sp³-hybridized carbons (Fsp3) is 0.393. The van der Waals surface area contributed by atoms with Crippen molar-refractivity contribution in [2.45, 2.75) is 67.6 Å². The summed E-state index contributed by atoms with van der Waals surface area (Å²) in [5, 5.41) is 16.3. The Labute approximate surface area is 205 Å². The van der Waals surface area contributed by atoms with Gasteiger partial charge in [-0.1, -0.05) is 30.7 Å². The van der Waals surface area contributed by atoms with Crippen LogP contribution in [0.1, 0.15) is 55.8 Å². The largest absolute Gasteiger partial charge is 0.389 e. The van der Waals surface area contributed by atoms with E-state index in [1.807, 2.05) is 23.0 Å². The highest BCUT2D eigenvalue weighted by atomic mass is 32.2. The molecule has 3 aliphatic rings. The molecular weight excluding hydrogens is 463 g/mol. The maximum atomic E-state index is 13.4. The Hall–Kier alpha value is -2.77. The molecule has 2 saturated carbocycles. The minimum Gasteiger partial charge on any atom is -0.389 e. The lowest BCUT2D eigenvalue weighted by molar-refractivity contribution is -0.0462. The van der Waals surface area contributed by atoms with Gasteiger partial charge >= 0.3 is 0 Å². The molecule has 0 saturated heterocycles. The van der Waals surface area contributed by atoms with E-state index in [-0.39, 0.29) is 11.1 Å². The summed E-state index contributed by atoms with van der Waals surface area (Å²) in [4.78, 5) is 0.427. The van der Waals surface area contributed by atoms with Gasteiger partial charge in [0.05, 0.1) is 33.3 Å². The summed E-state index contributed by atoms with van der Waals surface area (Å²) in [6, 6.07) is 13.6. The first-order chi connectivity index (χ1) is 16.7. The van der Waals surface area contributed by atoms with Crippen LogP contribution in [-0.2, 0) is 22.7 Å². The SMILES string of the molecule is C[C@]12Cc3cnn(-c4ccc(F)cc4)c3C=C1CC[C@@]2(O)CCc1ccccc1S(=O)(=O)C1CC1. The Balaban J connectivity index is 1.28. The molecule has 2 aromatic carbocycles. The van der Waals surface area contributed by atoms with E-state index in [2.05, 4.69) is 18.1 Å². The number of aryl methyl sites for hydroxylation is 1. The highest BCUT2D eigenvalue weighted by Gasteiger charge is 2.55. The number of fused-ring (bicyclic) bond motifs is 2. The van der Waals surface area contributed by atoms with Gasteiger partial charge in [0.25, 0.3) is 0 Å². The Morgan fingerprint density at radius 3 is 2.63 bits per heavy atom. The van der Waals surface area contributed by atoms with E-state index in [0.29, 0.717) is 30.6 Å². The lowest BCUT2D eigenvalue weighted by atomic mass is 9.65. The third kappa shape index (κ3) is 3.59. The van der Waals surface area contributed by atoms with Crippen LogP contribution in [0.5, 0.6) is 0 Å². The first-order valence-corrected chi connectivity index (χ1v) is 13.8. The van der Waals surface area contributed by atoms with Crippen LogP contribution in [0.4, 0.5) is 4.39 Å². The first-order valence-electron chi connectivity index (χ1n) is 12.3. The van der Waals surface area contributed by atoms with Crippen LogP contribution in [0.25, 0.3) is 11.8 Å². The zero-order valence-electron chi connectivity index (χ0n) is 19.7. The molecule has 0 aliphatic heterocycles. The standard InChI is InChI=1S/C28H29FN2O3S/c1-27-17-20-18-30-31(23-8-6-22(29)7-9-23)25(20)16-21(27)13-15-28(27,32)14-12-19-4-2-3-5-26(19)35(33,34)24-10-11-24/h2-9,16,18,24,32H,10-15,17H2,1H3/t27-,28-/m0/s1. The van der Waals surface area contributed by atoms with Gasteiger partial charge in [0, 0.05) is 5.41 Å². The molecular formula is C28H29FN2O3S. The molecule has 0 amide bonds. The molecule has 2 atom stereocenters. The van der Waals surface area contributed by atoms with E-state index in [4.69, 9.17) is 0 Å². The van der Waals surface area contributed by atoms with Crippen molar-refractivity contribution in [1.29, 1.82) is 0 Å². The van der Waals surface area contributed by atoms with Gasteiger partial charge in [-0.15, -0.1) is 0 Å². The average Bonchev–Trinajstić information content (AvgIpc) is 3.59. The maximum absolute atomic E-state index is 13.4. The molecule has 0 spiro atoms. The quantitative estimate of drug-likeness (QED) is 0.523. The third-order valence-electron chi connectivity index (χ3n) is 8.41. The number of sulfone groups is 1. The van der Waals surface area contributed by atoms with E-state index in [0.717, 1.165) is 41.8 Å². The van der Waals surface area contributed by atoms with Gasteiger partial charge in [-0.05, 0) is 92.5 Å². The first kappa shape index (κ1) is 22.7.